The van der Waals surface area contributed by atoms with Crippen molar-refractivity contribution in [1.29, 1.82) is 0 Å². The number of nitrogens with two attached hydrogens (primary N) is 1. The molecule has 7 unspecified atom stereocenters. The Labute approximate surface area is 215 Å². The van der Waals surface area contributed by atoms with Crippen molar-refractivity contribution in [2.45, 2.75) is 91.4 Å². The molecule has 0 bridgehead atoms. The molecular weight excluding hydrogens is 460 g/mol. The number of hydrogen-bond acceptors (Lipinski definition) is 5. The lowest BCUT2D eigenvalue weighted by atomic mass is 9.94. The highest BCUT2D eigenvalue weighted by molar-refractivity contribution is 5.94. The highest BCUT2D eigenvalue weighted by Gasteiger charge is 2.34. The van der Waals surface area contributed by atoms with Gasteiger partial charge in [-0.25, -0.2) is 4.79 Å². The third kappa shape index (κ3) is 9.26. The Kier molecular flexibility index (Phi) is 13.2. The summed E-state index contributed by atoms with van der Waals surface area (Å²) in [6, 6.07) is 5.37. The number of rotatable bonds is 15. The van der Waals surface area contributed by atoms with Crippen molar-refractivity contribution in [2.75, 3.05) is 0 Å². The molecule has 202 valence electrons. The molecule has 0 fully saturated rings. The van der Waals surface area contributed by atoms with Crippen molar-refractivity contribution >= 4 is 23.7 Å². The van der Waals surface area contributed by atoms with Gasteiger partial charge in [-0.3, -0.25) is 14.4 Å². The molecule has 0 aliphatic heterocycles. The van der Waals surface area contributed by atoms with E-state index in [4.69, 9.17) is 5.73 Å². The van der Waals surface area contributed by atoms with E-state index in [-0.39, 0.29) is 24.2 Å². The average Bonchev–Trinajstić information content (AvgIpc) is 2.87. The number of nitrogens with one attached hydrogen (secondary N) is 3. The van der Waals surface area contributed by atoms with Crippen LogP contribution in [0.15, 0.2) is 30.3 Å². The number of benzene rings is 1. The van der Waals surface area contributed by atoms with Crippen LogP contribution < -0.4 is 21.7 Å². The minimum Gasteiger partial charge on any atom is -0.480 e. The maximum atomic E-state index is 13.4. The number of hydrogen-bond donors (Lipinski definition) is 5. The molecular formula is C27H44N4O5. The molecule has 6 N–H and O–H groups in total. The number of carboxylic acids is 1. The molecule has 3 amide bonds. The Morgan fingerprint density at radius 2 is 1.25 bits per heavy atom. The van der Waals surface area contributed by atoms with Crippen molar-refractivity contribution in [1.82, 2.24) is 16.0 Å². The standard InChI is InChI=1S/C27H44N4O5/c1-7-16(4)21(28)25(33)30-22(17(5)8-2)26(34)29-20(15-19-13-11-10-12-14-19)24(32)31-23(27(35)36)18(6)9-3/h10-14,16-18,20-23H,7-9,15,28H2,1-6H3,(H,29,34)(H,30,33)(H,31,32)(H,35,36). The number of carbonyl (C=O) groups is 4. The molecule has 0 radical (unpaired) electrons. The van der Waals surface area contributed by atoms with Gasteiger partial charge in [-0.05, 0) is 23.3 Å². The van der Waals surface area contributed by atoms with Crippen molar-refractivity contribution in [3.8, 4) is 0 Å². The van der Waals surface area contributed by atoms with E-state index in [0.717, 1.165) is 12.0 Å². The molecule has 0 aliphatic carbocycles. The largest absolute Gasteiger partial charge is 0.480 e. The van der Waals surface area contributed by atoms with Crippen LogP contribution in [0, 0.1) is 17.8 Å². The van der Waals surface area contributed by atoms with E-state index in [2.05, 4.69) is 16.0 Å². The van der Waals surface area contributed by atoms with E-state index in [1.54, 1.807) is 6.92 Å². The van der Waals surface area contributed by atoms with Gasteiger partial charge in [0.25, 0.3) is 0 Å². The van der Waals surface area contributed by atoms with Gasteiger partial charge >= 0.3 is 5.97 Å². The molecule has 9 nitrogen and oxygen atoms in total. The monoisotopic (exact) mass is 504 g/mol. The van der Waals surface area contributed by atoms with Crippen molar-refractivity contribution in [3.63, 3.8) is 0 Å². The topological polar surface area (TPSA) is 151 Å². The number of aliphatic carboxylic acids is 1. The van der Waals surface area contributed by atoms with E-state index in [0.29, 0.717) is 12.8 Å². The van der Waals surface area contributed by atoms with E-state index in [1.807, 2.05) is 65.0 Å². The summed E-state index contributed by atoms with van der Waals surface area (Å²) >= 11 is 0. The highest BCUT2D eigenvalue weighted by atomic mass is 16.4. The van der Waals surface area contributed by atoms with Crippen LogP contribution in [0.3, 0.4) is 0 Å². The molecule has 0 saturated heterocycles. The van der Waals surface area contributed by atoms with E-state index >= 15 is 0 Å². The second-order valence-electron chi connectivity index (χ2n) is 9.74. The van der Waals surface area contributed by atoms with Gasteiger partial charge < -0.3 is 26.8 Å². The molecule has 1 aromatic rings. The normalized spacial score (nSPS) is 17.0. The predicted octanol–water partition coefficient (Wildman–Crippen LogP) is 2.23. The maximum Gasteiger partial charge on any atom is 0.326 e. The first-order chi connectivity index (χ1) is 17.0. The SMILES string of the molecule is CCC(C)C(N)C(=O)NC(C(=O)NC(Cc1ccccc1)C(=O)NC(C(=O)O)C(C)CC)C(C)CC. The van der Waals surface area contributed by atoms with Gasteiger partial charge in [0.15, 0.2) is 0 Å². The first-order valence-electron chi connectivity index (χ1n) is 12.9. The van der Waals surface area contributed by atoms with Crippen LogP contribution in [-0.2, 0) is 25.6 Å². The Morgan fingerprint density at radius 1 is 0.750 bits per heavy atom. The Bertz CT molecular complexity index is 863. The van der Waals surface area contributed by atoms with Crippen molar-refractivity contribution in [2.24, 2.45) is 23.5 Å². The fourth-order valence-corrected chi connectivity index (χ4v) is 3.72. The zero-order valence-corrected chi connectivity index (χ0v) is 22.4. The number of amides is 3. The summed E-state index contributed by atoms with van der Waals surface area (Å²) in [5, 5.41) is 17.8. The molecule has 0 aromatic heterocycles. The van der Waals surface area contributed by atoms with Gasteiger partial charge in [-0.2, -0.15) is 0 Å². The third-order valence-corrected chi connectivity index (χ3v) is 7.05. The fourth-order valence-electron chi connectivity index (χ4n) is 3.72. The molecule has 1 aromatic carbocycles. The smallest absolute Gasteiger partial charge is 0.326 e. The van der Waals surface area contributed by atoms with Gasteiger partial charge in [-0.15, -0.1) is 0 Å². The molecule has 9 heteroatoms. The quantitative estimate of drug-likeness (QED) is 0.247. The zero-order valence-electron chi connectivity index (χ0n) is 22.4. The second-order valence-corrected chi connectivity index (χ2v) is 9.74. The summed E-state index contributed by atoms with van der Waals surface area (Å²) in [4.78, 5) is 51.2. The van der Waals surface area contributed by atoms with Crippen LogP contribution in [0.1, 0.15) is 66.4 Å². The zero-order chi connectivity index (χ0) is 27.4. The van der Waals surface area contributed by atoms with E-state index < -0.39 is 47.9 Å². The average molecular weight is 505 g/mol. The van der Waals surface area contributed by atoms with Crippen LogP contribution in [-0.4, -0.2) is 53.0 Å². The summed E-state index contributed by atoms with van der Waals surface area (Å²) in [5.74, 6) is -3.23. The van der Waals surface area contributed by atoms with E-state index in [9.17, 15) is 24.3 Å². The first kappa shape index (κ1) is 31.1. The summed E-state index contributed by atoms with van der Waals surface area (Å²) in [6.07, 6.45) is 2.06. The fraction of sp³-hybridized carbons (Fsp3) is 0.630. The lowest BCUT2D eigenvalue weighted by Gasteiger charge is -2.29. The van der Waals surface area contributed by atoms with Gasteiger partial charge in [0.1, 0.15) is 18.1 Å². The lowest BCUT2D eigenvalue weighted by Crippen LogP contribution is -2.60. The Balaban J connectivity index is 3.18. The van der Waals surface area contributed by atoms with Gasteiger partial charge in [0.05, 0.1) is 6.04 Å². The minimum atomic E-state index is -1.13. The lowest BCUT2D eigenvalue weighted by molar-refractivity contribution is -0.144. The number of carboxylic acid groups (broad SMARTS) is 1. The van der Waals surface area contributed by atoms with Crippen LogP contribution in [0.25, 0.3) is 0 Å². The molecule has 7 atom stereocenters. The first-order valence-corrected chi connectivity index (χ1v) is 12.9. The van der Waals surface area contributed by atoms with E-state index in [1.165, 1.54) is 0 Å². The summed E-state index contributed by atoms with van der Waals surface area (Å²) in [7, 11) is 0. The number of carbonyl (C=O) groups excluding carboxylic acids is 3. The van der Waals surface area contributed by atoms with Gasteiger partial charge in [-0.1, -0.05) is 91.1 Å². The minimum absolute atomic E-state index is 0.0595. The molecule has 0 saturated carbocycles. The molecule has 0 heterocycles. The Hall–Kier alpha value is -2.94. The maximum absolute atomic E-state index is 13.4. The molecule has 0 spiro atoms. The van der Waals surface area contributed by atoms with Crippen LogP contribution in [0.5, 0.6) is 0 Å². The van der Waals surface area contributed by atoms with Crippen LogP contribution in [0.4, 0.5) is 0 Å². The molecule has 1 rings (SSSR count). The molecule has 0 aliphatic rings. The van der Waals surface area contributed by atoms with Crippen molar-refractivity contribution < 1.29 is 24.3 Å². The summed E-state index contributed by atoms with van der Waals surface area (Å²) in [6.45, 7) is 11.2. The Morgan fingerprint density at radius 3 is 1.75 bits per heavy atom. The van der Waals surface area contributed by atoms with Gasteiger partial charge in [0.2, 0.25) is 17.7 Å². The third-order valence-electron chi connectivity index (χ3n) is 7.05. The highest BCUT2D eigenvalue weighted by Crippen LogP contribution is 2.13. The molecule has 36 heavy (non-hydrogen) atoms. The van der Waals surface area contributed by atoms with Crippen LogP contribution >= 0.6 is 0 Å². The summed E-state index contributed by atoms with van der Waals surface area (Å²) < 4.78 is 0. The van der Waals surface area contributed by atoms with Gasteiger partial charge in [0, 0.05) is 6.42 Å². The predicted molar refractivity (Wildman–Crippen MR) is 140 cm³/mol. The van der Waals surface area contributed by atoms with Crippen molar-refractivity contribution in [3.05, 3.63) is 35.9 Å². The van der Waals surface area contributed by atoms with Crippen LogP contribution in [0.2, 0.25) is 0 Å². The second kappa shape index (κ2) is 15.2. The summed E-state index contributed by atoms with van der Waals surface area (Å²) in [5.41, 5.74) is 6.88.